The van der Waals surface area contributed by atoms with E-state index in [-0.39, 0.29) is 17.9 Å². The number of nitrogens with zero attached hydrogens (tertiary/aromatic N) is 1. The summed E-state index contributed by atoms with van der Waals surface area (Å²) < 4.78 is 11.0. The summed E-state index contributed by atoms with van der Waals surface area (Å²) in [5.74, 6) is 1.66. The molecule has 138 valence electrons. The van der Waals surface area contributed by atoms with Crippen LogP contribution in [-0.4, -0.2) is 31.6 Å². The molecule has 2 aromatic carbocycles. The molecule has 1 aliphatic rings. The lowest BCUT2D eigenvalue weighted by Crippen LogP contribution is -2.43. The van der Waals surface area contributed by atoms with Gasteiger partial charge < -0.3 is 14.4 Å². The van der Waals surface area contributed by atoms with Crippen LogP contribution >= 0.6 is 0 Å². The first kappa shape index (κ1) is 18.3. The molecule has 0 aromatic heterocycles. The van der Waals surface area contributed by atoms with Crippen molar-refractivity contribution in [1.82, 2.24) is 4.90 Å². The quantitative estimate of drug-likeness (QED) is 0.808. The molecule has 0 aliphatic carbocycles. The van der Waals surface area contributed by atoms with Gasteiger partial charge in [0.2, 0.25) is 5.91 Å². The van der Waals surface area contributed by atoms with Gasteiger partial charge in [-0.25, -0.2) is 0 Å². The molecular weight excluding hydrogens is 326 g/mol. The molecule has 2 atom stereocenters. The smallest absolute Gasteiger partial charge is 0.226 e. The summed E-state index contributed by atoms with van der Waals surface area (Å²) in [6.07, 6.45) is 1.66. The number of fused-ring (bicyclic) bond motifs is 1. The minimum atomic E-state index is -0.0961. The summed E-state index contributed by atoms with van der Waals surface area (Å²) >= 11 is 0. The predicted octanol–water partition coefficient (Wildman–Crippen LogP) is 4.22. The van der Waals surface area contributed by atoms with Crippen LogP contribution in [0, 0.1) is 5.92 Å². The summed E-state index contributed by atoms with van der Waals surface area (Å²) in [6.45, 7) is 4.78. The number of benzene rings is 2. The number of carbonyl (C=O) groups is 1. The van der Waals surface area contributed by atoms with Gasteiger partial charge in [0.05, 0.1) is 20.3 Å². The third kappa shape index (κ3) is 3.28. The van der Waals surface area contributed by atoms with Gasteiger partial charge in [-0.2, -0.15) is 0 Å². The Balaban J connectivity index is 2.13. The average Bonchev–Trinajstić information content (AvgIpc) is 2.71. The van der Waals surface area contributed by atoms with Crippen molar-refractivity contribution >= 4 is 5.91 Å². The number of methoxy groups -OCH3 is 2. The maximum absolute atomic E-state index is 13.1. The van der Waals surface area contributed by atoms with Crippen LogP contribution in [0.3, 0.4) is 0 Å². The van der Waals surface area contributed by atoms with E-state index in [2.05, 4.69) is 25.1 Å². The van der Waals surface area contributed by atoms with Gasteiger partial charge in [-0.1, -0.05) is 44.2 Å². The third-order valence-electron chi connectivity index (χ3n) is 5.31. The molecule has 4 nitrogen and oxygen atoms in total. The Morgan fingerprint density at radius 3 is 2.42 bits per heavy atom. The van der Waals surface area contributed by atoms with Gasteiger partial charge in [-0.3, -0.25) is 4.79 Å². The largest absolute Gasteiger partial charge is 0.493 e. The zero-order valence-corrected chi connectivity index (χ0v) is 16.0. The molecule has 3 rings (SSSR count). The van der Waals surface area contributed by atoms with Crippen LogP contribution < -0.4 is 9.47 Å². The molecule has 4 heteroatoms. The van der Waals surface area contributed by atoms with E-state index in [1.807, 2.05) is 36.1 Å². The summed E-state index contributed by atoms with van der Waals surface area (Å²) in [6, 6.07) is 14.2. The van der Waals surface area contributed by atoms with E-state index < -0.39 is 0 Å². The Morgan fingerprint density at radius 2 is 1.81 bits per heavy atom. The molecule has 2 aromatic rings. The third-order valence-corrected chi connectivity index (χ3v) is 5.31. The van der Waals surface area contributed by atoms with Crippen molar-refractivity contribution in [2.24, 2.45) is 5.92 Å². The molecule has 0 saturated carbocycles. The van der Waals surface area contributed by atoms with Gasteiger partial charge >= 0.3 is 0 Å². The van der Waals surface area contributed by atoms with Crippen LogP contribution in [0.5, 0.6) is 11.5 Å². The lowest BCUT2D eigenvalue weighted by molar-refractivity contribution is -0.137. The Bertz CT molecular complexity index is 772. The fourth-order valence-corrected chi connectivity index (χ4v) is 3.64. The average molecular weight is 353 g/mol. The number of hydrogen-bond donors (Lipinski definition) is 0. The monoisotopic (exact) mass is 353 g/mol. The number of amides is 1. The van der Waals surface area contributed by atoms with E-state index in [0.717, 1.165) is 29.7 Å². The maximum atomic E-state index is 13.1. The van der Waals surface area contributed by atoms with Gasteiger partial charge in [-0.05, 0) is 41.7 Å². The van der Waals surface area contributed by atoms with Crippen molar-refractivity contribution in [2.75, 3.05) is 20.8 Å². The first-order valence-corrected chi connectivity index (χ1v) is 9.20. The number of hydrogen-bond acceptors (Lipinski definition) is 3. The number of carbonyl (C=O) groups excluding carboxylic acids is 1. The molecule has 0 unspecified atom stereocenters. The maximum Gasteiger partial charge on any atom is 0.226 e. The highest BCUT2D eigenvalue weighted by Gasteiger charge is 2.34. The van der Waals surface area contributed by atoms with E-state index in [0.29, 0.717) is 12.3 Å². The zero-order chi connectivity index (χ0) is 18.7. The van der Waals surface area contributed by atoms with Crippen LogP contribution in [0.2, 0.25) is 0 Å². The van der Waals surface area contributed by atoms with Crippen LogP contribution in [-0.2, 0) is 11.2 Å². The molecular formula is C22H27NO3. The lowest BCUT2D eigenvalue weighted by atomic mass is 9.86. The molecule has 1 heterocycles. The van der Waals surface area contributed by atoms with E-state index in [4.69, 9.17) is 9.47 Å². The minimum Gasteiger partial charge on any atom is -0.493 e. The molecule has 26 heavy (non-hydrogen) atoms. The van der Waals surface area contributed by atoms with Crippen molar-refractivity contribution in [1.29, 1.82) is 0 Å². The predicted molar refractivity (Wildman–Crippen MR) is 103 cm³/mol. The summed E-state index contributed by atoms with van der Waals surface area (Å²) in [7, 11) is 3.30. The minimum absolute atomic E-state index is 0.0166. The van der Waals surface area contributed by atoms with Crippen LogP contribution in [0.25, 0.3) is 0 Å². The van der Waals surface area contributed by atoms with Gasteiger partial charge in [-0.15, -0.1) is 0 Å². The van der Waals surface area contributed by atoms with Crippen molar-refractivity contribution < 1.29 is 14.3 Å². The van der Waals surface area contributed by atoms with Gasteiger partial charge in [0.25, 0.3) is 0 Å². The standard InChI is InChI=1S/C22H27NO3/c1-5-15(2)22(24)23-12-11-17-13-19(25-3)20(26-4)14-18(17)21(23)16-9-7-6-8-10-16/h6-10,13-15,21H,5,11-12H2,1-4H3/t15-,21+/m1/s1. The van der Waals surface area contributed by atoms with E-state index in [1.165, 1.54) is 5.56 Å². The molecule has 0 saturated heterocycles. The fraction of sp³-hybridized carbons (Fsp3) is 0.409. The molecule has 1 aliphatic heterocycles. The van der Waals surface area contributed by atoms with Gasteiger partial charge in [0, 0.05) is 12.5 Å². The Hall–Kier alpha value is -2.49. The lowest BCUT2D eigenvalue weighted by Gasteiger charge is -2.39. The normalized spacial score (nSPS) is 17.4. The number of ether oxygens (including phenoxy) is 2. The first-order chi connectivity index (χ1) is 12.6. The van der Waals surface area contributed by atoms with Crippen LogP contribution in [0.4, 0.5) is 0 Å². The molecule has 0 fully saturated rings. The van der Waals surface area contributed by atoms with Crippen molar-refractivity contribution in [3.05, 3.63) is 59.2 Å². The van der Waals surface area contributed by atoms with Gasteiger partial charge in [0.15, 0.2) is 11.5 Å². The Labute approximate surface area is 155 Å². The van der Waals surface area contributed by atoms with Crippen LogP contribution in [0.15, 0.2) is 42.5 Å². The van der Waals surface area contributed by atoms with E-state index in [1.54, 1.807) is 14.2 Å². The molecule has 0 spiro atoms. The van der Waals surface area contributed by atoms with E-state index in [9.17, 15) is 4.79 Å². The second kappa shape index (κ2) is 7.81. The van der Waals surface area contributed by atoms with E-state index >= 15 is 0 Å². The highest BCUT2D eigenvalue weighted by atomic mass is 16.5. The first-order valence-electron chi connectivity index (χ1n) is 9.20. The molecule has 1 amide bonds. The zero-order valence-electron chi connectivity index (χ0n) is 16.0. The SMILES string of the molecule is CC[C@@H](C)C(=O)N1CCc2cc(OC)c(OC)cc2[C@@H]1c1ccccc1. The fourth-order valence-electron chi connectivity index (χ4n) is 3.64. The summed E-state index contributed by atoms with van der Waals surface area (Å²) in [5.41, 5.74) is 3.46. The molecule has 0 N–H and O–H groups in total. The van der Waals surface area contributed by atoms with Crippen molar-refractivity contribution in [2.45, 2.75) is 32.7 Å². The highest BCUT2D eigenvalue weighted by Crippen LogP contribution is 2.41. The number of rotatable bonds is 5. The summed E-state index contributed by atoms with van der Waals surface area (Å²) in [5, 5.41) is 0. The molecule has 0 radical (unpaired) electrons. The van der Waals surface area contributed by atoms with Crippen molar-refractivity contribution in [3.63, 3.8) is 0 Å². The van der Waals surface area contributed by atoms with Crippen LogP contribution in [0.1, 0.15) is 43.0 Å². The highest BCUT2D eigenvalue weighted by molar-refractivity contribution is 5.80. The topological polar surface area (TPSA) is 38.8 Å². The summed E-state index contributed by atoms with van der Waals surface area (Å²) in [4.78, 5) is 15.1. The Morgan fingerprint density at radius 1 is 1.15 bits per heavy atom. The second-order valence-electron chi connectivity index (χ2n) is 6.81. The molecule has 0 bridgehead atoms. The Kier molecular flexibility index (Phi) is 5.50. The van der Waals surface area contributed by atoms with Gasteiger partial charge in [0.1, 0.15) is 0 Å². The second-order valence-corrected chi connectivity index (χ2v) is 6.81. The van der Waals surface area contributed by atoms with Crippen molar-refractivity contribution in [3.8, 4) is 11.5 Å².